The van der Waals surface area contributed by atoms with Crippen LogP contribution < -0.4 is 0 Å². The van der Waals surface area contributed by atoms with E-state index < -0.39 is 97.2 Å². The Morgan fingerprint density at radius 1 is 0.700 bits per heavy atom. The molecule has 0 aromatic carbocycles. The molecule has 40 heavy (non-hydrogen) atoms. The first-order chi connectivity index (χ1) is 18.7. The van der Waals surface area contributed by atoms with E-state index in [9.17, 15) is 28.8 Å². The monoisotopic (exact) mass is 576 g/mol. The molecule has 16 nitrogen and oxygen atoms in total. The van der Waals surface area contributed by atoms with E-state index >= 15 is 0 Å². The van der Waals surface area contributed by atoms with Crippen LogP contribution >= 0.6 is 0 Å². The van der Waals surface area contributed by atoms with Crippen molar-refractivity contribution in [2.75, 3.05) is 19.8 Å². The lowest BCUT2D eigenvalue weighted by Crippen LogP contribution is -2.74. The third kappa shape index (κ3) is 7.44. The van der Waals surface area contributed by atoms with Crippen molar-refractivity contribution < 1.29 is 76.1 Å². The second-order valence-corrected chi connectivity index (χ2v) is 9.26. The third-order valence-corrected chi connectivity index (χ3v) is 5.93. The molecule has 3 fully saturated rings. The maximum Gasteiger partial charge on any atom is 0.303 e. The van der Waals surface area contributed by atoms with Gasteiger partial charge < -0.3 is 47.4 Å². The van der Waals surface area contributed by atoms with Gasteiger partial charge in [0.25, 0.3) is 0 Å². The van der Waals surface area contributed by atoms with E-state index in [0.29, 0.717) is 0 Å². The summed E-state index contributed by atoms with van der Waals surface area (Å²) < 4.78 is 55.8. The zero-order valence-electron chi connectivity index (χ0n) is 22.8. The fourth-order valence-corrected chi connectivity index (χ4v) is 4.64. The molecular formula is C24H32O16. The SMILES string of the molecule is CC(=O)OC[C@H]1O[C@@H]2OC[C@]3(OC[C@H](OC(C)=O)[C@@H](OC(C)=O)[C@@H]3OC(C)=O)O[C@H]2[C@@H](OC(C)=O)[C@@H]1OC(C)=O. The highest BCUT2D eigenvalue weighted by Gasteiger charge is 2.64. The first-order valence-corrected chi connectivity index (χ1v) is 12.3. The van der Waals surface area contributed by atoms with Crippen molar-refractivity contribution in [1.29, 1.82) is 0 Å². The molecule has 0 N–H and O–H groups in total. The Morgan fingerprint density at radius 3 is 1.80 bits per heavy atom. The van der Waals surface area contributed by atoms with Crippen molar-refractivity contribution in [3.05, 3.63) is 0 Å². The second-order valence-electron chi connectivity index (χ2n) is 9.26. The van der Waals surface area contributed by atoms with Gasteiger partial charge in [-0.15, -0.1) is 0 Å². The summed E-state index contributed by atoms with van der Waals surface area (Å²) in [7, 11) is 0. The summed E-state index contributed by atoms with van der Waals surface area (Å²) in [5.41, 5.74) is 0. The number of esters is 6. The molecule has 0 saturated carbocycles. The number of rotatable bonds is 7. The summed E-state index contributed by atoms with van der Waals surface area (Å²) >= 11 is 0. The van der Waals surface area contributed by atoms with Crippen LogP contribution in [0, 0.1) is 0 Å². The highest BCUT2D eigenvalue weighted by molar-refractivity contribution is 5.69. The highest BCUT2D eigenvalue weighted by Crippen LogP contribution is 2.42. The van der Waals surface area contributed by atoms with Crippen LogP contribution in [-0.4, -0.2) is 110 Å². The van der Waals surface area contributed by atoms with Gasteiger partial charge in [0.2, 0.25) is 5.79 Å². The molecular weight excluding hydrogens is 544 g/mol. The van der Waals surface area contributed by atoms with Crippen LogP contribution in [-0.2, 0) is 76.1 Å². The molecule has 3 saturated heterocycles. The van der Waals surface area contributed by atoms with Crippen molar-refractivity contribution in [2.45, 2.75) is 96.3 Å². The number of hydrogen-bond acceptors (Lipinski definition) is 16. The van der Waals surface area contributed by atoms with E-state index in [4.69, 9.17) is 47.4 Å². The molecule has 0 bridgehead atoms. The average Bonchev–Trinajstić information content (AvgIpc) is 2.82. The zero-order chi connectivity index (χ0) is 29.8. The summed E-state index contributed by atoms with van der Waals surface area (Å²) in [5.74, 6) is -6.52. The smallest absolute Gasteiger partial charge is 0.303 e. The first-order valence-electron chi connectivity index (χ1n) is 12.3. The largest absolute Gasteiger partial charge is 0.463 e. The quantitative estimate of drug-likeness (QED) is 0.266. The Labute approximate surface area is 228 Å². The van der Waals surface area contributed by atoms with E-state index in [2.05, 4.69) is 0 Å². The van der Waals surface area contributed by atoms with E-state index in [1.165, 1.54) is 0 Å². The van der Waals surface area contributed by atoms with Gasteiger partial charge in [-0.3, -0.25) is 28.8 Å². The Bertz CT molecular complexity index is 1010. The molecule has 9 atom stereocenters. The topological polar surface area (TPSA) is 195 Å². The summed E-state index contributed by atoms with van der Waals surface area (Å²) in [4.78, 5) is 71.3. The van der Waals surface area contributed by atoms with Crippen LogP contribution in [0.15, 0.2) is 0 Å². The minimum atomic E-state index is -1.99. The molecule has 3 aliphatic rings. The number of carbonyl (C=O) groups excluding carboxylic acids is 6. The maximum absolute atomic E-state index is 12.1. The Kier molecular flexibility index (Phi) is 10.0. The zero-order valence-corrected chi connectivity index (χ0v) is 22.8. The standard InChI is InChI=1S/C24H32O16/c1-10(25)31-7-16-18(35-12(3)27)20(37-14(5)29)21-23(39-16)32-9-24(40-21)22(38-15(6)30)19(36-13(4)28)17(8-33-24)34-11(2)26/h16-23H,7-9H2,1-6H3/t16-,17+,18-,19-,20+,21+,22+,23+,24+/m1/s1. The molecule has 1 spiro atoms. The first kappa shape index (κ1) is 31.2. The van der Waals surface area contributed by atoms with Crippen molar-refractivity contribution in [3.8, 4) is 0 Å². The molecule has 0 aromatic heterocycles. The summed E-state index contributed by atoms with van der Waals surface area (Å²) in [5, 5.41) is 0. The van der Waals surface area contributed by atoms with Gasteiger partial charge in [0.05, 0.1) is 6.61 Å². The van der Waals surface area contributed by atoms with E-state index in [-0.39, 0.29) is 13.2 Å². The Balaban J connectivity index is 2.01. The third-order valence-electron chi connectivity index (χ3n) is 5.93. The molecule has 3 aliphatic heterocycles. The lowest BCUT2D eigenvalue weighted by molar-refractivity contribution is -0.445. The van der Waals surface area contributed by atoms with Gasteiger partial charge in [-0.2, -0.15) is 0 Å². The molecule has 0 unspecified atom stereocenters. The second kappa shape index (κ2) is 12.9. The molecule has 224 valence electrons. The summed E-state index contributed by atoms with van der Waals surface area (Å²) in [6, 6.07) is 0. The molecule has 0 aliphatic carbocycles. The lowest BCUT2D eigenvalue weighted by Gasteiger charge is -2.55. The fourth-order valence-electron chi connectivity index (χ4n) is 4.64. The summed E-state index contributed by atoms with van der Waals surface area (Å²) in [6.07, 6.45) is -10.6. The van der Waals surface area contributed by atoms with Crippen molar-refractivity contribution >= 4 is 35.8 Å². The molecule has 0 aromatic rings. The van der Waals surface area contributed by atoms with Gasteiger partial charge in [0.15, 0.2) is 42.9 Å². The van der Waals surface area contributed by atoms with E-state index in [0.717, 1.165) is 41.5 Å². The highest BCUT2D eigenvalue weighted by atomic mass is 16.8. The fraction of sp³-hybridized carbons (Fsp3) is 0.750. The Hall–Kier alpha value is -3.34. The molecule has 3 rings (SSSR count). The van der Waals surface area contributed by atoms with Crippen LogP contribution in [0.25, 0.3) is 0 Å². The predicted octanol–water partition coefficient (Wildman–Crippen LogP) is -0.925. The van der Waals surface area contributed by atoms with Gasteiger partial charge in [-0.1, -0.05) is 0 Å². The number of fused-ring (bicyclic) bond motifs is 1. The lowest BCUT2D eigenvalue weighted by atomic mass is 9.92. The van der Waals surface area contributed by atoms with Crippen LogP contribution in [0.3, 0.4) is 0 Å². The van der Waals surface area contributed by atoms with Crippen LogP contribution in [0.4, 0.5) is 0 Å². The van der Waals surface area contributed by atoms with E-state index in [1.54, 1.807) is 0 Å². The number of ether oxygens (including phenoxy) is 10. The average molecular weight is 577 g/mol. The van der Waals surface area contributed by atoms with Gasteiger partial charge in [0, 0.05) is 41.5 Å². The minimum Gasteiger partial charge on any atom is -0.463 e. The molecule has 0 radical (unpaired) electrons. The molecule has 0 amide bonds. The molecule has 3 heterocycles. The van der Waals surface area contributed by atoms with Gasteiger partial charge in [-0.05, 0) is 0 Å². The summed E-state index contributed by atoms with van der Waals surface area (Å²) in [6.45, 7) is 5.47. The van der Waals surface area contributed by atoms with Gasteiger partial charge in [-0.25, -0.2) is 0 Å². The molecule has 16 heteroatoms. The maximum atomic E-state index is 12.1. The van der Waals surface area contributed by atoms with Crippen molar-refractivity contribution in [1.82, 2.24) is 0 Å². The normalized spacial score (nSPS) is 35.0. The van der Waals surface area contributed by atoms with E-state index in [1.807, 2.05) is 0 Å². The van der Waals surface area contributed by atoms with Crippen LogP contribution in [0.1, 0.15) is 41.5 Å². The van der Waals surface area contributed by atoms with Crippen molar-refractivity contribution in [3.63, 3.8) is 0 Å². The van der Waals surface area contributed by atoms with Gasteiger partial charge >= 0.3 is 35.8 Å². The minimum absolute atomic E-state index is 0.377. The van der Waals surface area contributed by atoms with Crippen LogP contribution in [0.2, 0.25) is 0 Å². The van der Waals surface area contributed by atoms with Gasteiger partial charge in [0.1, 0.15) is 19.3 Å². The van der Waals surface area contributed by atoms with Crippen LogP contribution in [0.5, 0.6) is 0 Å². The Morgan fingerprint density at radius 2 is 1.25 bits per heavy atom. The van der Waals surface area contributed by atoms with Crippen molar-refractivity contribution in [2.24, 2.45) is 0 Å². The predicted molar refractivity (Wildman–Crippen MR) is 123 cm³/mol. The number of carbonyl (C=O) groups is 6. The number of hydrogen-bond donors (Lipinski definition) is 0.